The molecule has 0 spiro atoms. The highest BCUT2D eigenvalue weighted by Crippen LogP contribution is 2.32. The third-order valence-corrected chi connectivity index (χ3v) is 6.76. The Balaban J connectivity index is 1.57. The molecule has 0 radical (unpaired) electrons. The molecule has 2 aromatic heterocycles. The second kappa shape index (κ2) is 8.55. The lowest BCUT2D eigenvalue weighted by molar-refractivity contribution is 0.435. The molecule has 1 aliphatic rings. The lowest BCUT2D eigenvalue weighted by atomic mass is 9.79. The molecule has 0 saturated heterocycles. The number of hydrogen-bond donors (Lipinski definition) is 2. The van der Waals surface area contributed by atoms with Crippen LogP contribution in [0.15, 0.2) is 60.2 Å². The molecule has 0 atom stereocenters. The summed E-state index contributed by atoms with van der Waals surface area (Å²) in [6, 6.07) is 11.4. The van der Waals surface area contributed by atoms with E-state index in [1.807, 2.05) is 6.07 Å². The topological polar surface area (TPSA) is 71.8 Å². The van der Waals surface area contributed by atoms with E-state index < -0.39 is 0 Å². The molecule has 6 nitrogen and oxygen atoms in total. The molecule has 4 aromatic rings. The van der Waals surface area contributed by atoms with Crippen LogP contribution in [0.3, 0.4) is 0 Å². The third kappa shape index (κ3) is 3.88. The highest BCUT2D eigenvalue weighted by Gasteiger charge is 2.27. The summed E-state index contributed by atoms with van der Waals surface area (Å²) < 4.78 is 1.42. The van der Waals surface area contributed by atoms with E-state index >= 15 is 0 Å². The molecule has 2 aromatic carbocycles. The van der Waals surface area contributed by atoms with Crippen molar-refractivity contribution in [3.63, 3.8) is 0 Å². The van der Waals surface area contributed by atoms with Crippen LogP contribution in [0, 0.1) is 0 Å². The van der Waals surface area contributed by atoms with Gasteiger partial charge in [0.15, 0.2) is 0 Å². The van der Waals surface area contributed by atoms with Crippen molar-refractivity contribution in [1.82, 2.24) is 19.9 Å². The van der Waals surface area contributed by atoms with Crippen LogP contribution in [0.1, 0.15) is 30.5 Å². The van der Waals surface area contributed by atoms with Gasteiger partial charge in [-0.1, -0.05) is 61.8 Å². The summed E-state index contributed by atoms with van der Waals surface area (Å²) in [7, 11) is 0. The number of rotatable bonds is 4. The molecule has 172 valence electrons. The summed E-state index contributed by atoms with van der Waals surface area (Å²) in [5.74, 6) is 0.395. The maximum absolute atomic E-state index is 13.3. The molecule has 0 unspecified atom stereocenters. The molecular formula is C26H23Cl2N5O. The Hall–Kier alpha value is -3.19. The van der Waals surface area contributed by atoms with E-state index in [0.29, 0.717) is 38.1 Å². The van der Waals surface area contributed by atoms with Crippen LogP contribution in [0.2, 0.25) is 10.0 Å². The first kappa shape index (κ1) is 22.6. The number of para-hydroxylation sites is 1. The van der Waals surface area contributed by atoms with E-state index in [1.54, 1.807) is 30.5 Å². The predicted octanol–water partition coefficient (Wildman–Crippen LogP) is 5.85. The number of anilines is 2. The van der Waals surface area contributed by atoms with Gasteiger partial charge in [-0.25, -0.2) is 9.97 Å². The lowest BCUT2D eigenvalue weighted by Crippen LogP contribution is -2.38. The van der Waals surface area contributed by atoms with E-state index in [0.717, 1.165) is 18.8 Å². The van der Waals surface area contributed by atoms with Gasteiger partial charge in [-0.15, -0.1) is 0 Å². The number of halogens is 2. The van der Waals surface area contributed by atoms with Crippen molar-refractivity contribution in [3.05, 3.63) is 92.5 Å². The Morgan fingerprint density at radius 1 is 1.21 bits per heavy atom. The summed E-state index contributed by atoms with van der Waals surface area (Å²) >= 11 is 12.7. The smallest absolute Gasteiger partial charge is 0.266 e. The summed E-state index contributed by atoms with van der Waals surface area (Å²) in [5, 5.41) is 7.82. The van der Waals surface area contributed by atoms with Gasteiger partial charge < -0.3 is 10.6 Å². The fourth-order valence-corrected chi connectivity index (χ4v) is 5.03. The van der Waals surface area contributed by atoms with E-state index in [4.69, 9.17) is 23.2 Å². The highest BCUT2D eigenvalue weighted by molar-refractivity contribution is 6.37. The Morgan fingerprint density at radius 3 is 2.71 bits per heavy atom. The number of nitrogens with zero attached hydrogens (tertiary/aromatic N) is 3. The van der Waals surface area contributed by atoms with Crippen LogP contribution in [-0.4, -0.2) is 21.1 Å². The Morgan fingerprint density at radius 2 is 1.97 bits per heavy atom. The maximum Gasteiger partial charge on any atom is 0.266 e. The van der Waals surface area contributed by atoms with Gasteiger partial charge in [0.25, 0.3) is 5.56 Å². The third-order valence-electron chi connectivity index (χ3n) is 6.15. The van der Waals surface area contributed by atoms with Gasteiger partial charge in [-0.05, 0) is 35.4 Å². The summed E-state index contributed by atoms with van der Waals surface area (Å²) in [6.45, 7) is 10.1. The minimum Gasteiger partial charge on any atom is -0.324 e. The van der Waals surface area contributed by atoms with Crippen molar-refractivity contribution in [2.75, 3.05) is 11.9 Å². The summed E-state index contributed by atoms with van der Waals surface area (Å²) in [6.07, 6.45) is 4.81. The minimum absolute atomic E-state index is 0.0782. The SMILES string of the molecule is C=Cc1cn(-c2c(Cl)cccc2Cl)c(=O)c2cnc(Nc3ccc4c(c3)CNCC4(C)C)nc12. The van der Waals surface area contributed by atoms with Gasteiger partial charge in [-0.3, -0.25) is 9.36 Å². The largest absolute Gasteiger partial charge is 0.324 e. The zero-order valence-electron chi connectivity index (χ0n) is 18.8. The monoisotopic (exact) mass is 491 g/mol. The molecule has 1 aliphatic heterocycles. The molecule has 8 heteroatoms. The fourth-order valence-electron chi connectivity index (χ4n) is 4.45. The van der Waals surface area contributed by atoms with E-state index in [9.17, 15) is 4.79 Å². The van der Waals surface area contributed by atoms with Crippen molar-refractivity contribution < 1.29 is 0 Å². The molecule has 34 heavy (non-hydrogen) atoms. The predicted molar refractivity (Wildman–Crippen MR) is 140 cm³/mol. The molecule has 5 rings (SSSR count). The van der Waals surface area contributed by atoms with Crippen LogP contribution >= 0.6 is 23.2 Å². The van der Waals surface area contributed by atoms with E-state index in [1.165, 1.54) is 21.9 Å². The number of fused-ring (bicyclic) bond motifs is 2. The lowest BCUT2D eigenvalue weighted by Gasteiger charge is -2.33. The normalized spacial score (nSPS) is 14.6. The first-order valence-corrected chi connectivity index (χ1v) is 11.6. The molecule has 3 heterocycles. The van der Waals surface area contributed by atoms with Gasteiger partial charge in [-0.2, -0.15) is 0 Å². The average molecular weight is 492 g/mol. The van der Waals surface area contributed by atoms with Crippen molar-refractivity contribution in [3.8, 4) is 5.69 Å². The van der Waals surface area contributed by atoms with Gasteiger partial charge in [0.2, 0.25) is 5.95 Å². The van der Waals surface area contributed by atoms with Gasteiger partial charge in [0.1, 0.15) is 0 Å². The van der Waals surface area contributed by atoms with Crippen LogP contribution in [0.5, 0.6) is 0 Å². The standard InChI is InChI=1S/C26H23Cl2N5O/c1-4-15-13-33(23-20(27)6-5-7-21(23)28)24(34)18-12-30-25(32-22(15)18)31-17-8-9-19-16(10-17)11-29-14-26(19,2)3/h4-10,12-13,29H,1,11,14H2,2-3H3,(H,30,31,32). The minimum atomic E-state index is -0.316. The van der Waals surface area contributed by atoms with Crippen LogP contribution in [0.25, 0.3) is 22.7 Å². The quantitative estimate of drug-likeness (QED) is 0.374. The van der Waals surface area contributed by atoms with E-state index in [2.05, 4.69) is 53.2 Å². The van der Waals surface area contributed by atoms with E-state index in [-0.39, 0.29) is 11.0 Å². The number of pyridine rings is 1. The average Bonchev–Trinajstić information content (AvgIpc) is 2.80. The first-order chi connectivity index (χ1) is 16.3. The van der Waals surface area contributed by atoms with Crippen molar-refractivity contribution in [1.29, 1.82) is 0 Å². The molecule has 2 N–H and O–H groups in total. The zero-order valence-corrected chi connectivity index (χ0v) is 20.3. The van der Waals surface area contributed by atoms with Crippen LogP contribution in [0.4, 0.5) is 11.6 Å². The Kier molecular flexibility index (Phi) is 5.68. The Bertz CT molecular complexity index is 1490. The fraction of sp³-hybridized carbons (Fsp3) is 0.192. The molecule has 0 aliphatic carbocycles. The van der Waals surface area contributed by atoms with Gasteiger partial charge >= 0.3 is 0 Å². The molecule has 0 fully saturated rings. The highest BCUT2D eigenvalue weighted by atomic mass is 35.5. The second-order valence-electron chi connectivity index (χ2n) is 8.97. The van der Waals surface area contributed by atoms with Crippen molar-refractivity contribution >= 4 is 51.8 Å². The second-order valence-corrected chi connectivity index (χ2v) is 9.79. The number of hydrogen-bond acceptors (Lipinski definition) is 5. The van der Waals surface area contributed by atoms with Crippen molar-refractivity contribution in [2.45, 2.75) is 25.8 Å². The zero-order chi connectivity index (χ0) is 24.0. The Labute approximate surface area is 207 Å². The maximum atomic E-state index is 13.3. The van der Waals surface area contributed by atoms with Crippen molar-refractivity contribution in [2.24, 2.45) is 0 Å². The summed E-state index contributed by atoms with van der Waals surface area (Å²) in [4.78, 5) is 22.3. The van der Waals surface area contributed by atoms with Gasteiger partial charge in [0, 0.05) is 42.1 Å². The molecular weight excluding hydrogens is 469 g/mol. The first-order valence-electron chi connectivity index (χ1n) is 10.9. The van der Waals surface area contributed by atoms with Crippen LogP contribution < -0.4 is 16.2 Å². The number of nitrogens with one attached hydrogen (secondary N) is 2. The van der Waals surface area contributed by atoms with Crippen LogP contribution in [-0.2, 0) is 12.0 Å². The number of aromatic nitrogens is 3. The molecule has 0 saturated carbocycles. The van der Waals surface area contributed by atoms with Gasteiger partial charge in [0.05, 0.1) is 26.6 Å². The molecule has 0 amide bonds. The number of benzene rings is 2. The molecule has 0 bridgehead atoms. The summed E-state index contributed by atoms with van der Waals surface area (Å²) in [5.41, 5.74) is 4.80.